The topological polar surface area (TPSA) is 71.5 Å². The lowest BCUT2D eigenvalue weighted by atomic mass is 9.76. The third-order valence-corrected chi connectivity index (χ3v) is 3.72. The van der Waals surface area contributed by atoms with Gasteiger partial charge in [-0.15, -0.1) is 13.2 Å². The maximum Gasteiger partial charge on any atom is 0.227 e. The zero-order valence-corrected chi connectivity index (χ0v) is 13.0. The molecule has 1 saturated carbocycles. The van der Waals surface area contributed by atoms with Crippen molar-refractivity contribution in [2.24, 2.45) is 11.8 Å². The second-order valence-electron chi connectivity index (χ2n) is 5.51. The number of hydrogen-bond acceptors (Lipinski definition) is 4. The van der Waals surface area contributed by atoms with Gasteiger partial charge in [-0.1, -0.05) is 19.1 Å². The van der Waals surface area contributed by atoms with Crippen molar-refractivity contribution >= 4 is 23.3 Å². The third-order valence-electron chi connectivity index (χ3n) is 3.72. The molecule has 1 rings (SSSR count). The van der Waals surface area contributed by atoms with E-state index in [2.05, 4.69) is 13.2 Å². The van der Waals surface area contributed by atoms with E-state index in [1.165, 1.54) is 4.90 Å². The molecule has 0 heterocycles. The summed E-state index contributed by atoms with van der Waals surface area (Å²) in [6, 6.07) is 0. The maximum atomic E-state index is 12.4. The first-order valence-corrected chi connectivity index (χ1v) is 7.54. The molecule has 1 fully saturated rings. The Morgan fingerprint density at radius 3 is 2.05 bits per heavy atom. The first kappa shape index (κ1) is 18.0. The molecule has 0 aliphatic heterocycles. The lowest BCUT2D eigenvalue weighted by Crippen LogP contribution is -2.45. The normalized spacial score (nSPS) is 21.3. The van der Waals surface area contributed by atoms with Gasteiger partial charge >= 0.3 is 0 Å². The highest BCUT2D eigenvalue weighted by Crippen LogP contribution is 2.26. The van der Waals surface area contributed by atoms with E-state index in [0.717, 1.165) is 0 Å². The van der Waals surface area contributed by atoms with Crippen LogP contribution in [0.5, 0.6) is 0 Å². The van der Waals surface area contributed by atoms with Gasteiger partial charge in [-0.2, -0.15) is 0 Å². The first-order chi connectivity index (χ1) is 10.5. The molecule has 120 valence electrons. The van der Waals surface area contributed by atoms with Crippen LogP contribution in [-0.2, 0) is 19.2 Å². The van der Waals surface area contributed by atoms with Gasteiger partial charge in [-0.05, 0) is 6.42 Å². The molecule has 5 nitrogen and oxygen atoms in total. The van der Waals surface area contributed by atoms with Gasteiger partial charge in [0.25, 0.3) is 0 Å². The summed E-state index contributed by atoms with van der Waals surface area (Å²) >= 11 is 0. The van der Waals surface area contributed by atoms with E-state index in [1.54, 1.807) is 12.2 Å². The highest BCUT2D eigenvalue weighted by atomic mass is 16.2. The van der Waals surface area contributed by atoms with Crippen LogP contribution in [0.15, 0.2) is 25.3 Å². The second-order valence-corrected chi connectivity index (χ2v) is 5.51. The minimum absolute atomic E-state index is 0.0462. The first-order valence-electron chi connectivity index (χ1n) is 7.54. The summed E-state index contributed by atoms with van der Waals surface area (Å²) in [5.74, 6) is -3.27. The molecule has 0 spiro atoms. The molecule has 0 atom stereocenters. The van der Waals surface area contributed by atoms with E-state index in [9.17, 15) is 19.2 Å². The fraction of sp³-hybridized carbons (Fsp3) is 0.529. The number of Topliss-reactive ketones (excluding diaryl/α,β-unsaturated/α-hetero) is 3. The van der Waals surface area contributed by atoms with E-state index in [1.807, 2.05) is 6.92 Å². The molecule has 22 heavy (non-hydrogen) atoms. The van der Waals surface area contributed by atoms with Crippen molar-refractivity contribution in [3.8, 4) is 0 Å². The molecule has 5 heteroatoms. The third kappa shape index (κ3) is 4.23. The Bertz CT molecular complexity index is 467. The number of rotatable bonds is 8. The van der Waals surface area contributed by atoms with Crippen molar-refractivity contribution in [2.45, 2.75) is 32.6 Å². The van der Waals surface area contributed by atoms with Gasteiger partial charge in [0.15, 0.2) is 17.3 Å². The Labute approximate surface area is 131 Å². The average Bonchev–Trinajstić information content (AvgIpc) is 2.45. The van der Waals surface area contributed by atoms with Crippen LogP contribution >= 0.6 is 0 Å². The van der Waals surface area contributed by atoms with Crippen molar-refractivity contribution in [3.63, 3.8) is 0 Å². The predicted molar refractivity (Wildman–Crippen MR) is 83.1 cm³/mol. The fourth-order valence-corrected chi connectivity index (χ4v) is 2.72. The summed E-state index contributed by atoms with van der Waals surface area (Å²) < 4.78 is 0. The number of carbonyl (C=O) groups excluding carboxylic acids is 4. The molecule has 0 unspecified atom stereocenters. The Hall–Kier alpha value is -2.04. The summed E-state index contributed by atoms with van der Waals surface area (Å²) in [7, 11) is 0. The minimum Gasteiger partial charge on any atom is -0.335 e. The van der Waals surface area contributed by atoms with Gasteiger partial charge in [0.1, 0.15) is 5.92 Å². The van der Waals surface area contributed by atoms with Gasteiger partial charge in [-0.25, -0.2) is 0 Å². The molecule has 0 radical (unpaired) electrons. The molecule has 0 aromatic carbocycles. The van der Waals surface area contributed by atoms with Crippen LogP contribution in [0.25, 0.3) is 0 Å². The van der Waals surface area contributed by atoms with Gasteiger partial charge in [0, 0.05) is 32.4 Å². The Kier molecular flexibility index (Phi) is 6.89. The van der Waals surface area contributed by atoms with E-state index < -0.39 is 23.4 Å². The molecular formula is C17H23NO4. The molecule has 0 N–H and O–H groups in total. The lowest BCUT2D eigenvalue weighted by Gasteiger charge is -2.29. The van der Waals surface area contributed by atoms with Crippen molar-refractivity contribution in [3.05, 3.63) is 25.3 Å². The maximum absolute atomic E-state index is 12.4. The second kappa shape index (κ2) is 8.41. The lowest BCUT2D eigenvalue weighted by molar-refractivity contribution is -0.149. The van der Waals surface area contributed by atoms with Crippen molar-refractivity contribution < 1.29 is 19.2 Å². The quantitative estimate of drug-likeness (QED) is 0.505. The highest BCUT2D eigenvalue weighted by Gasteiger charge is 2.42. The summed E-state index contributed by atoms with van der Waals surface area (Å²) in [6.07, 6.45) is 3.90. The monoisotopic (exact) mass is 305 g/mol. The minimum atomic E-state index is -1.16. The van der Waals surface area contributed by atoms with Crippen molar-refractivity contribution in [1.29, 1.82) is 0 Å². The molecule has 0 saturated heterocycles. The average molecular weight is 305 g/mol. The SMILES string of the molecule is C=CCN(CC=C)C(=O)C1CC(=O)C(C(=O)CCC)C(=O)C1. The van der Waals surface area contributed by atoms with Gasteiger partial charge < -0.3 is 4.90 Å². The van der Waals surface area contributed by atoms with E-state index >= 15 is 0 Å². The number of ketones is 3. The number of carbonyl (C=O) groups is 4. The summed E-state index contributed by atoms with van der Waals surface area (Å²) in [4.78, 5) is 50.0. The number of amides is 1. The van der Waals surface area contributed by atoms with Crippen LogP contribution in [0.4, 0.5) is 0 Å². The molecule has 1 amide bonds. The Morgan fingerprint density at radius 2 is 1.64 bits per heavy atom. The molecule has 1 aliphatic carbocycles. The standard InChI is InChI=1S/C17H23NO4/c1-4-7-13(19)16-14(20)10-12(11-15(16)21)17(22)18(8-5-2)9-6-3/h5-6,12,16H,2-4,7-11H2,1H3. The molecule has 0 bridgehead atoms. The van der Waals surface area contributed by atoms with Crippen LogP contribution in [0, 0.1) is 11.8 Å². The van der Waals surface area contributed by atoms with E-state index in [4.69, 9.17) is 0 Å². The highest BCUT2D eigenvalue weighted by molar-refractivity contribution is 6.21. The number of nitrogens with zero attached hydrogens (tertiary/aromatic N) is 1. The predicted octanol–water partition coefficient (Wildman–Crippen LogP) is 1.72. The zero-order chi connectivity index (χ0) is 16.7. The van der Waals surface area contributed by atoms with Crippen LogP contribution in [-0.4, -0.2) is 41.2 Å². The van der Waals surface area contributed by atoms with Gasteiger partial charge in [-0.3, -0.25) is 19.2 Å². The largest absolute Gasteiger partial charge is 0.335 e. The van der Waals surface area contributed by atoms with E-state index in [-0.39, 0.29) is 31.0 Å². The zero-order valence-electron chi connectivity index (χ0n) is 13.0. The van der Waals surface area contributed by atoms with Crippen molar-refractivity contribution in [2.75, 3.05) is 13.1 Å². The van der Waals surface area contributed by atoms with Crippen LogP contribution in [0.3, 0.4) is 0 Å². The molecule has 1 aliphatic rings. The van der Waals surface area contributed by atoms with Crippen LogP contribution < -0.4 is 0 Å². The summed E-state index contributed by atoms with van der Waals surface area (Å²) in [5, 5.41) is 0. The fourth-order valence-electron chi connectivity index (χ4n) is 2.72. The van der Waals surface area contributed by atoms with E-state index in [0.29, 0.717) is 19.5 Å². The summed E-state index contributed by atoms with van der Waals surface area (Å²) in [5.41, 5.74) is 0. The molecule has 0 aromatic heterocycles. The molecule has 0 aromatic rings. The molecular weight excluding hydrogens is 282 g/mol. The Balaban J connectivity index is 2.81. The van der Waals surface area contributed by atoms with Crippen LogP contribution in [0.2, 0.25) is 0 Å². The summed E-state index contributed by atoms with van der Waals surface area (Å²) in [6.45, 7) is 9.67. The van der Waals surface area contributed by atoms with Crippen molar-refractivity contribution in [1.82, 2.24) is 4.90 Å². The smallest absolute Gasteiger partial charge is 0.227 e. The Morgan fingerprint density at radius 1 is 1.14 bits per heavy atom. The van der Waals surface area contributed by atoms with Gasteiger partial charge in [0.05, 0.1) is 5.92 Å². The van der Waals surface area contributed by atoms with Gasteiger partial charge in [0.2, 0.25) is 5.91 Å². The van der Waals surface area contributed by atoms with Crippen LogP contribution in [0.1, 0.15) is 32.6 Å². The number of hydrogen-bond donors (Lipinski definition) is 0.